The van der Waals surface area contributed by atoms with Crippen molar-refractivity contribution in [2.45, 2.75) is 51.5 Å². The maximum atomic E-state index is 13.4. The van der Waals surface area contributed by atoms with E-state index < -0.39 is 24.1 Å². The van der Waals surface area contributed by atoms with Gasteiger partial charge in [-0.15, -0.1) is 0 Å². The molecule has 2 aromatic rings. The fourth-order valence-electron chi connectivity index (χ4n) is 4.99. The molecule has 0 radical (unpaired) electrons. The molecule has 4 rings (SSSR count). The molecule has 180 valence electrons. The number of fused-ring (bicyclic) bond motifs is 3. The molecule has 0 heterocycles. The summed E-state index contributed by atoms with van der Waals surface area (Å²) in [5.74, 6) is -1.51. The fraction of sp³-hybridized carbons (Fsp3) is 0.444. The topological polar surface area (TPSA) is 95.9 Å². The van der Waals surface area contributed by atoms with Gasteiger partial charge in [0, 0.05) is 12.5 Å². The third-order valence-corrected chi connectivity index (χ3v) is 6.58. The van der Waals surface area contributed by atoms with Crippen molar-refractivity contribution < 1.29 is 24.2 Å². The van der Waals surface area contributed by atoms with Crippen LogP contribution >= 0.6 is 0 Å². The molecule has 0 atom stereocenters. The first-order valence-electron chi connectivity index (χ1n) is 11.7. The number of aliphatic carboxylic acids is 1. The van der Waals surface area contributed by atoms with Gasteiger partial charge in [0.15, 0.2) is 0 Å². The summed E-state index contributed by atoms with van der Waals surface area (Å²) in [7, 11) is 0. The number of rotatable bonds is 7. The molecule has 2 amide bonds. The van der Waals surface area contributed by atoms with Crippen LogP contribution in [0.5, 0.6) is 0 Å². The summed E-state index contributed by atoms with van der Waals surface area (Å²) in [4.78, 5) is 39.0. The smallest absolute Gasteiger partial charge is 0.408 e. The first-order valence-corrected chi connectivity index (χ1v) is 11.7. The molecule has 7 heteroatoms. The van der Waals surface area contributed by atoms with Gasteiger partial charge in [-0.1, -0.05) is 69.3 Å². The highest BCUT2D eigenvalue weighted by Gasteiger charge is 2.49. The van der Waals surface area contributed by atoms with Gasteiger partial charge >= 0.3 is 12.1 Å². The number of hydrogen-bond acceptors (Lipinski definition) is 4. The highest BCUT2D eigenvalue weighted by atomic mass is 16.5. The molecular formula is C27H32N2O5. The van der Waals surface area contributed by atoms with E-state index >= 15 is 0 Å². The Kier molecular flexibility index (Phi) is 6.39. The van der Waals surface area contributed by atoms with E-state index in [2.05, 4.69) is 29.6 Å². The van der Waals surface area contributed by atoms with Crippen LogP contribution in [-0.4, -0.2) is 53.2 Å². The second-order valence-electron chi connectivity index (χ2n) is 10.5. The van der Waals surface area contributed by atoms with Gasteiger partial charge in [0.2, 0.25) is 5.91 Å². The number of nitrogens with one attached hydrogen (secondary N) is 1. The van der Waals surface area contributed by atoms with Crippen LogP contribution in [0.2, 0.25) is 0 Å². The molecule has 1 saturated carbocycles. The third-order valence-electron chi connectivity index (χ3n) is 6.58. The van der Waals surface area contributed by atoms with Crippen molar-refractivity contribution >= 4 is 18.0 Å². The van der Waals surface area contributed by atoms with E-state index in [1.807, 2.05) is 45.0 Å². The van der Waals surface area contributed by atoms with E-state index in [1.165, 1.54) is 4.90 Å². The number of carbonyl (C=O) groups is 3. The minimum absolute atomic E-state index is 0.0735. The molecule has 0 spiro atoms. The Morgan fingerprint density at radius 2 is 1.59 bits per heavy atom. The van der Waals surface area contributed by atoms with Gasteiger partial charge in [0.1, 0.15) is 18.7 Å². The first-order chi connectivity index (χ1) is 16.1. The number of carbonyl (C=O) groups excluding carboxylic acids is 2. The molecular weight excluding hydrogens is 432 g/mol. The lowest BCUT2D eigenvalue weighted by molar-refractivity contribution is -0.150. The maximum absolute atomic E-state index is 13.4. The van der Waals surface area contributed by atoms with E-state index in [0.717, 1.165) is 28.7 Å². The van der Waals surface area contributed by atoms with Gasteiger partial charge in [-0.05, 0) is 46.9 Å². The van der Waals surface area contributed by atoms with Crippen molar-refractivity contribution in [3.63, 3.8) is 0 Å². The number of carboxylic acid groups (broad SMARTS) is 1. The third kappa shape index (κ3) is 4.79. The molecule has 2 aliphatic carbocycles. The van der Waals surface area contributed by atoms with Gasteiger partial charge in [0.25, 0.3) is 0 Å². The first kappa shape index (κ1) is 23.8. The average molecular weight is 465 g/mol. The monoisotopic (exact) mass is 464 g/mol. The minimum Gasteiger partial charge on any atom is -0.480 e. The number of alkyl carbamates (subject to hydrolysis) is 1. The Morgan fingerprint density at radius 3 is 2.06 bits per heavy atom. The van der Waals surface area contributed by atoms with Crippen LogP contribution in [0, 0.1) is 5.41 Å². The van der Waals surface area contributed by atoms with Gasteiger partial charge in [0.05, 0.1) is 0 Å². The standard InChI is InChI=1S/C27H32N2O5/c1-26(2,3)17-29(15-23(30)31)24(32)27(13-8-14-27)28-25(33)34-16-22-20-11-6-4-9-18(20)19-10-5-7-12-21(19)22/h4-7,9-12,22H,8,13-17H2,1-3H3,(H,28,33)(H,30,31). The number of carboxylic acids is 1. The van der Waals surface area contributed by atoms with Crippen molar-refractivity contribution in [3.05, 3.63) is 59.7 Å². The molecule has 7 nitrogen and oxygen atoms in total. The van der Waals surface area contributed by atoms with Crippen LogP contribution in [0.15, 0.2) is 48.5 Å². The zero-order valence-corrected chi connectivity index (χ0v) is 20.0. The Bertz CT molecular complexity index is 1050. The molecule has 0 bridgehead atoms. The van der Waals surface area contributed by atoms with Crippen molar-refractivity contribution in [3.8, 4) is 11.1 Å². The van der Waals surface area contributed by atoms with Crippen LogP contribution in [0.25, 0.3) is 11.1 Å². The van der Waals surface area contributed by atoms with E-state index in [9.17, 15) is 19.5 Å². The predicted octanol–water partition coefficient (Wildman–Crippen LogP) is 4.41. The van der Waals surface area contributed by atoms with E-state index in [4.69, 9.17) is 4.74 Å². The van der Waals surface area contributed by atoms with Gasteiger partial charge in [-0.2, -0.15) is 0 Å². The Labute approximate surface area is 200 Å². The zero-order valence-electron chi connectivity index (χ0n) is 20.0. The Hall–Kier alpha value is -3.35. The lowest BCUT2D eigenvalue weighted by atomic mass is 9.75. The number of nitrogens with zero attached hydrogens (tertiary/aromatic N) is 1. The van der Waals surface area contributed by atoms with E-state index in [1.54, 1.807) is 0 Å². The largest absolute Gasteiger partial charge is 0.480 e. The molecule has 2 aromatic carbocycles. The SMILES string of the molecule is CC(C)(C)CN(CC(=O)O)C(=O)C1(NC(=O)OCC2c3ccccc3-c3ccccc32)CCC1. The minimum atomic E-state index is -1.11. The van der Waals surface area contributed by atoms with E-state index in [-0.39, 0.29) is 30.4 Å². The molecule has 0 unspecified atom stereocenters. The van der Waals surface area contributed by atoms with E-state index in [0.29, 0.717) is 12.8 Å². The average Bonchev–Trinajstić information content (AvgIpc) is 3.06. The molecule has 1 fully saturated rings. The fourth-order valence-corrected chi connectivity index (χ4v) is 4.99. The maximum Gasteiger partial charge on any atom is 0.408 e. The molecule has 0 saturated heterocycles. The van der Waals surface area contributed by atoms with Crippen LogP contribution in [-0.2, 0) is 14.3 Å². The second kappa shape index (κ2) is 9.12. The number of amides is 2. The lowest BCUT2D eigenvalue weighted by Crippen LogP contribution is -2.64. The Morgan fingerprint density at radius 1 is 1.03 bits per heavy atom. The second-order valence-corrected chi connectivity index (χ2v) is 10.5. The highest BCUT2D eigenvalue weighted by Crippen LogP contribution is 2.44. The number of benzene rings is 2. The van der Waals surface area contributed by atoms with Crippen molar-refractivity contribution in [2.24, 2.45) is 5.41 Å². The van der Waals surface area contributed by atoms with Crippen LogP contribution < -0.4 is 5.32 Å². The lowest BCUT2D eigenvalue weighted by Gasteiger charge is -2.44. The van der Waals surface area contributed by atoms with Crippen molar-refractivity contribution in [1.29, 1.82) is 0 Å². The normalized spacial score (nSPS) is 16.1. The van der Waals surface area contributed by atoms with Crippen LogP contribution in [0.3, 0.4) is 0 Å². The predicted molar refractivity (Wildman–Crippen MR) is 128 cm³/mol. The van der Waals surface area contributed by atoms with Gasteiger partial charge < -0.3 is 20.1 Å². The summed E-state index contributed by atoms with van der Waals surface area (Å²) in [5, 5.41) is 12.1. The number of ether oxygens (including phenoxy) is 1. The summed E-state index contributed by atoms with van der Waals surface area (Å²) in [6.45, 7) is 5.88. The van der Waals surface area contributed by atoms with Crippen LogP contribution in [0.1, 0.15) is 57.1 Å². The molecule has 0 aromatic heterocycles. The summed E-state index contributed by atoms with van der Waals surface area (Å²) in [5.41, 5.74) is 3.13. The number of hydrogen-bond donors (Lipinski definition) is 2. The van der Waals surface area contributed by atoms with Gasteiger partial charge in [-0.3, -0.25) is 9.59 Å². The highest BCUT2D eigenvalue weighted by molar-refractivity contribution is 5.92. The zero-order chi connectivity index (χ0) is 24.5. The van der Waals surface area contributed by atoms with Crippen LogP contribution in [0.4, 0.5) is 4.79 Å². The molecule has 2 aliphatic rings. The summed E-state index contributed by atoms with van der Waals surface area (Å²) >= 11 is 0. The Balaban J connectivity index is 1.46. The van der Waals surface area contributed by atoms with Crippen molar-refractivity contribution in [1.82, 2.24) is 10.2 Å². The van der Waals surface area contributed by atoms with Gasteiger partial charge in [-0.25, -0.2) is 4.79 Å². The molecule has 34 heavy (non-hydrogen) atoms. The quantitative estimate of drug-likeness (QED) is 0.633. The summed E-state index contributed by atoms with van der Waals surface area (Å²) in [6, 6.07) is 16.2. The molecule has 0 aliphatic heterocycles. The summed E-state index contributed by atoms with van der Waals surface area (Å²) < 4.78 is 5.65. The molecule has 2 N–H and O–H groups in total. The van der Waals surface area contributed by atoms with Crippen molar-refractivity contribution in [2.75, 3.05) is 19.7 Å². The summed E-state index contributed by atoms with van der Waals surface area (Å²) in [6.07, 6.45) is 1.07.